The number of nitrogens with one attached hydrogen (secondary N) is 2. The van der Waals surface area contributed by atoms with Crippen molar-refractivity contribution in [1.29, 1.82) is 0 Å². The number of morpholine rings is 2. The highest BCUT2D eigenvalue weighted by molar-refractivity contribution is 6.22. The Morgan fingerprint density at radius 1 is 0.862 bits per heavy atom. The van der Waals surface area contributed by atoms with Gasteiger partial charge >= 0.3 is 6.03 Å². The molecule has 0 aliphatic carbocycles. The van der Waals surface area contributed by atoms with Crippen LogP contribution in [0, 0.1) is 0 Å². The molecule has 0 radical (unpaired) electrons. The summed E-state index contributed by atoms with van der Waals surface area (Å²) in [6.07, 6.45) is 0. The third kappa shape index (κ3) is 4.84. The van der Waals surface area contributed by atoms with Gasteiger partial charge in [0, 0.05) is 49.2 Å². The molecule has 10 nitrogen and oxygen atoms in total. The van der Waals surface area contributed by atoms with Crippen molar-refractivity contribution in [3.05, 3.63) is 24.3 Å². The quantitative estimate of drug-likeness (QED) is 0.718. The average Bonchev–Trinajstić information content (AvgIpc) is 2.80. The first-order valence-electron chi connectivity index (χ1n) is 9.42. The van der Waals surface area contributed by atoms with E-state index in [-0.39, 0.29) is 0 Å². The van der Waals surface area contributed by atoms with Gasteiger partial charge in [-0.2, -0.15) is 15.0 Å². The van der Waals surface area contributed by atoms with Crippen molar-refractivity contribution in [2.24, 2.45) is 0 Å². The number of amides is 2. The third-order valence-corrected chi connectivity index (χ3v) is 4.86. The van der Waals surface area contributed by atoms with E-state index in [4.69, 9.17) is 36.2 Å². The van der Waals surface area contributed by atoms with Crippen LogP contribution in [0.2, 0.25) is 0 Å². The fourth-order valence-electron chi connectivity index (χ4n) is 3.15. The summed E-state index contributed by atoms with van der Waals surface area (Å²) in [4.78, 5) is 31.7. The summed E-state index contributed by atoms with van der Waals surface area (Å²) in [7, 11) is 0. The lowest BCUT2D eigenvalue weighted by atomic mass is 10.2. The first-order chi connectivity index (χ1) is 14.2. The number of nitrogens with zero attached hydrogens (tertiary/aromatic N) is 5. The number of rotatable bonds is 4. The summed E-state index contributed by atoms with van der Waals surface area (Å²) < 4.78 is 10.9. The molecule has 3 heterocycles. The second-order valence-electron chi connectivity index (χ2n) is 6.58. The lowest BCUT2D eigenvalue weighted by Gasteiger charge is -2.30. The molecule has 1 aromatic heterocycles. The molecule has 2 N–H and O–H groups in total. The number of carbonyl (C=O) groups excluding carboxylic acids is 1. The van der Waals surface area contributed by atoms with Crippen LogP contribution in [-0.2, 0) is 9.47 Å². The molecule has 2 aliphatic rings. The fraction of sp³-hybridized carbons (Fsp3) is 0.444. The minimum atomic E-state index is -0.496. The van der Waals surface area contributed by atoms with Gasteiger partial charge in [-0.1, -0.05) is 0 Å². The van der Waals surface area contributed by atoms with Gasteiger partial charge in [0.2, 0.25) is 11.9 Å². The molecular weight excluding hydrogens is 398 g/mol. The normalized spacial score (nSPS) is 17.1. The number of anilines is 3. The van der Waals surface area contributed by atoms with E-state index in [9.17, 15) is 4.79 Å². The van der Waals surface area contributed by atoms with Gasteiger partial charge in [0.1, 0.15) is 0 Å². The molecule has 2 saturated heterocycles. The summed E-state index contributed by atoms with van der Waals surface area (Å²) in [5, 5.41) is 2.62. The van der Waals surface area contributed by atoms with Crippen LogP contribution in [0.15, 0.2) is 24.3 Å². The van der Waals surface area contributed by atoms with Gasteiger partial charge in [-0.25, -0.2) is 9.63 Å². The largest absolute Gasteiger partial charge is 0.378 e. The van der Waals surface area contributed by atoms with Crippen molar-refractivity contribution in [2.75, 3.05) is 67.7 Å². The van der Waals surface area contributed by atoms with Crippen molar-refractivity contribution in [3.63, 3.8) is 0 Å². The molecular formula is C18H22ClN7O3. The number of hydrogen-bond acceptors (Lipinski definition) is 8. The van der Waals surface area contributed by atoms with Crippen LogP contribution >= 0.6 is 11.8 Å². The molecule has 4 rings (SSSR count). The Bertz CT molecular complexity index is 804. The van der Waals surface area contributed by atoms with Crippen molar-refractivity contribution in [1.82, 2.24) is 19.8 Å². The minimum absolute atomic E-state index is 0.496. The molecule has 0 bridgehead atoms. The summed E-state index contributed by atoms with van der Waals surface area (Å²) in [5.41, 5.74) is 1.44. The summed E-state index contributed by atoms with van der Waals surface area (Å²) in [6.45, 7) is 5.55. The predicted octanol–water partition coefficient (Wildman–Crippen LogP) is 1.49. The lowest BCUT2D eigenvalue weighted by Crippen LogP contribution is -2.40. The maximum atomic E-state index is 11.4. The highest BCUT2D eigenvalue weighted by Crippen LogP contribution is 2.24. The van der Waals surface area contributed by atoms with Crippen LogP contribution in [0.25, 0.3) is 11.4 Å². The van der Waals surface area contributed by atoms with Gasteiger partial charge in [-0.15, -0.1) is 0 Å². The van der Waals surface area contributed by atoms with Crippen molar-refractivity contribution in [2.45, 2.75) is 0 Å². The topological polar surface area (TPSA) is 105 Å². The van der Waals surface area contributed by atoms with E-state index in [1.807, 2.05) is 17.0 Å². The van der Waals surface area contributed by atoms with E-state index < -0.39 is 6.03 Å². The highest BCUT2D eigenvalue weighted by Gasteiger charge is 2.21. The van der Waals surface area contributed by atoms with Crippen LogP contribution < -0.4 is 20.0 Å². The molecule has 154 valence electrons. The van der Waals surface area contributed by atoms with E-state index in [1.54, 1.807) is 12.1 Å². The Morgan fingerprint density at radius 2 is 1.38 bits per heavy atom. The summed E-state index contributed by atoms with van der Waals surface area (Å²) in [6, 6.07) is 6.75. The van der Waals surface area contributed by atoms with Gasteiger partial charge in [0.05, 0.1) is 26.4 Å². The molecule has 11 heteroatoms. The number of carbonyl (C=O) groups is 1. The molecule has 0 unspecified atom stereocenters. The second-order valence-corrected chi connectivity index (χ2v) is 6.77. The number of urea groups is 1. The minimum Gasteiger partial charge on any atom is -0.378 e. The Balaban J connectivity index is 1.64. The summed E-state index contributed by atoms with van der Waals surface area (Å²) in [5.74, 6) is 1.86. The van der Waals surface area contributed by atoms with Crippen LogP contribution in [-0.4, -0.2) is 73.6 Å². The van der Waals surface area contributed by atoms with Crippen LogP contribution in [0.4, 0.5) is 22.4 Å². The first-order valence-corrected chi connectivity index (χ1v) is 9.80. The number of aromatic nitrogens is 3. The maximum Gasteiger partial charge on any atom is 0.333 e. The van der Waals surface area contributed by atoms with Gasteiger partial charge < -0.3 is 24.6 Å². The van der Waals surface area contributed by atoms with E-state index in [2.05, 4.69) is 15.1 Å². The standard InChI is InChI=1S/C18H22ClN7O3/c19-24-18(27)20-14-3-1-13(2-4-14)15-21-16(25-5-9-28-10-6-25)23-17(22-15)26-7-11-29-12-8-26/h1-4H,5-12H2,(H2,20,24,27). The predicted molar refractivity (Wildman–Crippen MR) is 109 cm³/mol. The molecule has 2 fully saturated rings. The number of hydrogen-bond donors (Lipinski definition) is 2. The fourth-order valence-corrected chi connectivity index (χ4v) is 3.20. The van der Waals surface area contributed by atoms with Gasteiger partial charge in [-0.05, 0) is 24.3 Å². The van der Waals surface area contributed by atoms with E-state index in [1.165, 1.54) is 0 Å². The molecule has 2 aliphatic heterocycles. The zero-order valence-electron chi connectivity index (χ0n) is 15.8. The second kappa shape index (κ2) is 9.21. The van der Waals surface area contributed by atoms with Gasteiger partial charge in [-0.3, -0.25) is 0 Å². The zero-order valence-corrected chi connectivity index (χ0v) is 16.6. The molecule has 0 atom stereocenters. The van der Waals surface area contributed by atoms with Gasteiger partial charge in [0.15, 0.2) is 5.82 Å². The Labute approximate surface area is 173 Å². The van der Waals surface area contributed by atoms with Crippen molar-refractivity contribution < 1.29 is 14.3 Å². The molecule has 0 saturated carbocycles. The van der Waals surface area contributed by atoms with Gasteiger partial charge in [0.25, 0.3) is 0 Å². The highest BCUT2D eigenvalue weighted by atomic mass is 35.5. The number of ether oxygens (including phenoxy) is 2. The van der Waals surface area contributed by atoms with E-state index >= 15 is 0 Å². The lowest BCUT2D eigenvalue weighted by molar-refractivity contribution is 0.121. The Morgan fingerprint density at radius 3 is 1.86 bits per heavy atom. The van der Waals surface area contributed by atoms with Crippen LogP contribution in [0.5, 0.6) is 0 Å². The summed E-state index contributed by atoms with van der Waals surface area (Å²) >= 11 is 5.30. The molecule has 2 amide bonds. The molecule has 1 aromatic carbocycles. The van der Waals surface area contributed by atoms with E-state index in [0.29, 0.717) is 49.8 Å². The molecule has 2 aromatic rings. The van der Waals surface area contributed by atoms with Crippen molar-refractivity contribution >= 4 is 35.4 Å². The number of halogens is 1. The SMILES string of the molecule is O=C(NCl)Nc1ccc(-c2nc(N3CCOCC3)nc(N3CCOCC3)n2)cc1. The molecule has 29 heavy (non-hydrogen) atoms. The first kappa shape index (κ1) is 19.6. The monoisotopic (exact) mass is 419 g/mol. The Hall–Kier alpha value is -2.69. The zero-order chi connectivity index (χ0) is 20.1. The Kier molecular flexibility index (Phi) is 6.23. The third-order valence-electron chi connectivity index (χ3n) is 4.69. The van der Waals surface area contributed by atoms with Crippen LogP contribution in [0.3, 0.4) is 0 Å². The maximum absolute atomic E-state index is 11.4. The van der Waals surface area contributed by atoms with Crippen LogP contribution in [0.1, 0.15) is 0 Å². The molecule has 0 spiro atoms. The number of benzene rings is 1. The van der Waals surface area contributed by atoms with E-state index in [0.717, 1.165) is 31.7 Å². The smallest absolute Gasteiger partial charge is 0.333 e. The van der Waals surface area contributed by atoms with Crippen molar-refractivity contribution in [3.8, 4) is 11.4 Å². The average molecular weight is 420 g/mol.